The molecule has 1 heterocycles. The van der Waals surface area contributed by atoms with Crippen molar-refractivity contribution in [3.8, 4) is 0 Å². The summed E-state index contributed by atoms with van der Waals surface area (Å²) < 4.78 is 0. The maximum absolute atomic E-state index is 6.21. The Morgan fingerprint density at radius 2 is 2.00 bits per heavy atom. The molecule has 1 aromatic heterocycles. The van der Waals surface area contributed by atoms with Crippen LogP contribution in [0.4, 0.5) is 5.82 Å². The Bertz CT molecular complexity index is 409. The van der Waals surface area contributed by atoms with Crippen LogP contribution in [0.1, 0.15) is 26.5 Å². The predicted octanol–water partition coefficient (Wildman–Crippen LogP) is 2.62. The van der Waals surface area contributed by atoms with Crippen LogP contribution < -0.4 is 10.2 Å². The molecular weight excluding hydrogens is 272 g/mol. The summed E-state index contributed by atoms with van der Waals surface area (Å²) in [6.07, 6.45) is 0. The van der Waals surface area contributed by atoms with Crippen LogP contribution in [0.25, 0.3) is 0 Å². The van der Waals surface area contributed by atoms with Crippen molar-refractivity contribution in [2.45, 2.75) is 33.4 Å². The first-order valence-corrected chi connectivity index (χ1v) is 7.64. The van der Waals surface area contributed by atoms with Gasteiger partial charge in [-0.2, -0.15) is 0 Å². The molecule has 0 spiro atoms. The largest absolute Gasteiger partial charge is 0.353 e. The van der Waals surface area contributed by atoms with E-state index in [4.69, 9.17) is 16.6 Å². The third-order valence-electron chi connectivity index (χ3n) is 3.24. The van der Waals surface area contributed by atoms with E-state index in [1.165, 1.54) is 0 Å². The number of anilines is 1. The minimum absolute atomic E-state index is 0.413. The zero-order valence-electron chi connectivity index (χ0n) is 13.3. The molecule has 1 N–H and O–H groups in total. The van der Waals surface area contributed by atoms with Crippen LogP contribution in [-0.4, -0.2) is 49.7 Å². The fraction of sp³-hybridized carbons (Fsp3) is 0.667. The fourth-order valence-corrected chi connectivity index (χ4v) is 2.50. The minimum atomic E-state index is 0.413. The van der Waals surface area contributed by atoms with Gasteiger partial charge in [-0.15, -0.1) is 0 Å². The second-order valence-electron chi connectivity index (χ2n) is 5.28. The maximum atomic E-state index is 6.21. The quantitative estimate of drug-likeness (QED) is 0.799. The summed E-state index contributed by atoms with van der Waals surface area (Å²) in [5.41, 5.74) is 0.918. The lowest BCUT2D eigenvalue weighted by Crippen LogP contribution is -2.40. The van der Waals surface area contributed by atoms with Gasteiger partial charge in [0.2, 0.25) is 0 Å². The van der Waals surface area contributed by atoms with Crippen molar-refractivity contribution in [1.82, 2.24) is 15.2 Å². The van der Waals surface area contributed by atoms with Crippen molar-refractivity contribution in [3.63, 3.8) is 0 Å². The van der Waals surface area contributed by atoms with Crippen LogP contribution >= 0.6 is 11.6 Å². The van der Waals surface area contributed by atoms with E-state index >= 15 is 0 Å². The normalized spacial score (nSPS) is 12.8. The Kier molecular flexibility index (Phi) is 7.27. The first-order chi connectivity index (χ1) is 9.49. The van der Waals surface area contributed by atoms with E-state index in [0.29, 0.717) is 12.6 Å². The SMILES string of the molecule is CCNCc1nc(N(CC)C(C)CN(C)C)ccc1Cl. The average molecular weight is 299 g/mol. The molecule has 20 heavy (non-hydrogen) atoms. The van der Waals surface area contributed by atoms with Crippen LogP contribution in [0.2, 0.25) is 5.02 Å². The van der Waals surface area contributed by atoms with Gasteiger partial charge in [-0.1, -0.05) is 18.5 Å². The van der Waals surface area contributed by atoms with Gasteiger partial charge in [-0.3, -0.25) is 0 Å². The number of nitrogens with one attached hydrogen (secondary N) is 1. The molecule has 0 amide bonds. The molecule has 114 valence electrons. The Balaban J connectivity index is 2.91. The molecule has 0 saturated heterocycles. The topological polar surface area (TPSA) is 31.4 Å². The van der Waals surface area contributed by atoms with E-state index in [2.05, 4.69) is 50.0 Å². The monoisotopic (exact) mass is 298 g/mol. The van der Waals surface area contributed by atoms with Gasteiger partial charge in [0.25, 0.3) is 0 Å². The highest BCUT2D eigenvalue weighted by atomic mass is 35.5. The average Bonchev–Trinajstić information content (AvgIpc) is 2.39. The third kappa shape index (κ3) is 4.93. The Morgan fingerprint density at radius 3 is 2.55 bits per heavy atom. The molecule has 0 radical (unpaired) electrons. The van der Waals surface area contributed by atoms with Crippen LogP contribution in [-0.2, 0) is 6.54 Å². The van der Waals surface area contributed by atoms with E-state index in [-0.39, 0.29) is 0 Å². The molecule has 0 fully saturated rings. The zero-order valence-corrected chi connectivity index (χ0v) is 14.0. The third-order valence-corrected chi connectivity index (χ3v) is 3.59. The molecule has 4 nitrogen and oxygen atoms in total. The van der Waals surface area contributed by atoms with Gasteiger partial charge in [-0.05, 0) is 46.6 Å². The number of rotatable bonds is 8. The molecule has 1 rings (SSSR count). The minimum Gasteiger partial charge on any atom is -0.353 e. The van der Waals surface area contributed by atoms with Crippen LogP contribution in [0.5, 0.6) is 0 Å². The second-order valence-corrected chi connectivity index (χ2v) is 5.68. The molecule has 0 aliphatic rings. The van der Waals surface area contributed by atoms with Crippen molar-refractivity contribution < 1.29 is 0 Å². The summed E-state index contributed by atoms with van der Waals surface area (Å²) in [7, 11) is 4.19. The first kappa shape index (κ1) is 17.2. The lowest BCUT2D eigenvalue weighted by atomic mass is 10.2. The smallest absolute Gasteiger partial charge is 0.129 e. The molecule has 0 aliphatic carbocycles. The molecule has 0 aliphatic heterocycles. The van der Waals surface area contributed by atoms with Crippen molar-refractivity contribution in [2.24, 2.45) is 0 Å². The van der Waals surface area contributed by atoms with E-state index in [1.54, 1.807) is 0 Å². The summed E-state index contributed by atoms with van der Waals surface area (Å²) in [6.45, 7) is 10.0. The maximum Gasteiger partial charge on any atom is 0.129 e. The highest BCUT2D eigenvalue weighted by molar-refractivity contribution is 6.31. The number of hydrogen-bond acceptors (Lipinski definition) is 4. The summed E-state index contributed by atoms with van der Waals surface area (Å²) in [5, 5.41) is 4.01. The Labute approximate surface area is 128 Å². The van der Waals surface area contributed by atoms with Crippen molar-refractivity contribution in [2.75, 3.05) is 38.6 Å². The number of likely N-dealkylation sites (N-methyl/N-ethyl adjacent to an activating group) is 2. The highest BCUT2D eigenvalue weighted by Crippen LogP contribution is 2.21. The standard InChI is InChI=1S/C15H27ClN4/c1-6-17-10-14-13(16)8-9-15(18-14)20(7-2)12(3)11-19(4)5/h8-9,12,17H,6-7,10-11H2,1-5H3. The number of pyridine rings is 1. The first-order valence-electron chi connectivity index (χ1n) is 7.27. The van der Waals surface area contributed by atoms with Crippen LogP contribution in [0.15, 0.2) is 12.1 Å². The molecule has 1 unspecified atom stereocenters. The lowest BCUT2D eigenvalue weighted by Gasteiger charge is -2.31. The van der Waals surface area contributed by atoms with E-state index in [0.717, 1.165) is 36.2 Å². The summed E-state index contributed by atoms with van der Waals surface area (Å²) in [6, 6.07) is 4.37. The van der Waals surface area contributed by atoms with Gasteiger partial charge in [-0.25, -0.2) is 4.98 Å². The molecule has 1 aromatic rings. The number of aromatic nitrogens is 1. The van der Waals surface area contributed by atoms with Gasteiger partial charge < -0.3 is 15.1 Å². The van der Waals surface area contributed by atoms with Crippen LogP contribution in [0.3, 0.4) is 0 Å². The lowest BCUT2D eigenvalue weighted by molar-refractivity contribution is 0.372. The Morgan fingerprint density at radius 1 is 1.30 bits per heavy atom. The molecule has 0 bridgehead atoms. The van der Waals surface area contributed by atoms with Crippen molar-refractivity contribution in [1.29, 1.82) is 0 Å². The van der Waals surface area contributed by atoms with Gasteiger partial charge in [0.1, 0.15) is 5.82 Å². The zero-order chi connectivity index (χ0) is 15.1. The summed E-state index contributed by atoms with van der Waals surface area (Å²) >= 11 is 6.21. The van der Waals surface area contributed by atoms with Gasteiger partial charge in [0.05, 0.1) is 10.7 Å². The highest BCUT2D eigenvalue weighted by Gasteiger charge is 2.16. The van der Waals surface area contributed by atoms with Gasteiger partial charge in [0, 0.05) is 25.7 Å². The molecule has 0 saturated carbocycles. The van der Waals surface area contributed by atoms with E-state index in [9.17, 15) is 0 Å². The van der Waals surface area contributed by atoms with Gasteiger partial charge >= 0.3 is 0 Å². The molecule has 5 heteroatoms. The van der Waals surface area contributed by atoms with Crippen molar-refractivity contribution in [3.05, 3.63) is 22.8 Å². The predicted molar refractivity (Wildman–Crippen MR) is 87.7 cm³/mol. The number of hydrogen-bond donors (Lipinski definition) is 1. The number of nitrogens with zero attached hydrogens (tertiary/aromatic N) is 3. The Hall–Kier alpha value is -0.840. The second kappa shape index (κ2) is 8.45. The van der Waals surface area contributed by atoms with Crippen molar-refractivity contribution >= 4 is 17.4 Å². The van der Waals surface area contributed by atoms with E-state index < -0.39 is 0 Å². The number of halogens is 1. The summed E-state index contributed by atoms with van der Waals surface area (Å²) in [5.74, 6) is 0.999. The fourth-order valence-electron chi connectivity index (χ4n) is 2.33. The molecule has 1 atom stereocenters. The van der Waals surface area contributed by atoms with Crippen LogP contribution in [0, 0.1) is 0 Å². The molecular formula is C15H27ClN4. The van der Waals surface area contributed by atoms with E-state index in [1.807, 2.05) is 12.1 Å². The summed E-state index contributed by atoms with van der Waals surface area (Å²) in [4.78, 5) is 9.23. The molecule has 0 aromatic carbocycles. The van der Waals surface area contributed by atoms with Gasteiger partial charge in [0.15, 0.2) is 0 Å².